The molecule has 0 heterocycles. The third-order valence-corrected chi connectivity index (χ3v) is 5.60. The number of rotatable bonds is 15. The molecule has 0 fully saturated rings. The molecule has 0 rings (SSSR count). The highest BCUT2D eigenvalue weighted by Crippen LogP contribution is 2.55. The second-order valence-electron chi connectivity index (χ2n) is 5.87. The van der Waals surface area contributed by atoms with Crippen LogP contribution in [0.25, 0.3) is 0 Å². The number of hydrogen-bond donors (Lipinski definition) is 1. The minimum Gasteiger partial charge on any atom is -0.369 e. The normalized spacial score (nSPS) is 12.2. The van der Waals surface area contributed by atoms with Crippen LogP contribution in [0, 0.1) is 0 Å². The van der Waals surface area contributed by atoms with Gasteiger partial charge in [-0.15, -0.1) is 0 Å². The van der Waals surface area contributed by atoms with Gasteiger partial charge in [-0.05, 0) is 33.1 Å². The van der Waals surface area contributed by atoms with E-state index in [-0.39, 0.29) is 11.8 Å². The number of phosphoric acid groups is 1. The highest BCUT2D eigenvalue weighted by Gasteiger charge is 2.39. The predicted octanol–water partition coefficient (Wildman–Crippen LogP) is 6.87. The fourth-order valence-electron chi connectivity index (χ4n) is 2.65. The summed E-state index contributed by atoms with van der Waals surface area (Å²) in [7, 11) is -3.46. The van der Waals surface area contributed by atoms with Crippen LogP contribution in [0.5, 0.6) is 0 Å². The molecule has 0 saturated carbocycles. The lowest BCUT2D eigenvalue weighted by molar-refractivity contribution is -0.0111. The Labute approximate surface area is 144 Å². The summed E-state index contributed by atoms with van der Waals surface area (Å²) in [5, 5.41) is 0. The van der Waals surface area contributed by atoms with Crippen LogP contribution in [-0.4, -0.2) is 18.8 Å². The fraction of sp³-hybridized carbons (Fsp3) is 1.00. The van der Waals surface area contributed by atoms with E-state index in [4.69, 9.17) is 13.6 Å². The van der Waals surface area contributed by atoms with Crippen LogP contribution >= 0.6 is 7.82 Å². The molecule has 0 aliphatic rings. The van der Waals surface area contributed by atoms with E-state index >= 15 is 0 Å². The van der Waals surface area contributed by atoms with Crippen LogP contribution in [0.3, 0.4) is 0 Å². The number of phosphoric ester groups is 1. The summed E-state index contributed by atoms with van der Waals surface area (Å²) in [6.45, 7) is 10.8. The van der Waals surface area contributed by atoms with E-state index in [1.54, 1.807) is 0 Å². The molecule has 0 spiro atoms. The second kappa shape index (κ2) is 14.4. The van der Waals surface area contributed by atoms with Crippen LogP contribution in [0.2, 0.25) is 0 Å². The SMILES string of the molecule is CCCCC(CCCC)(CCCC)OP(=O)(OCC)OCC.[NH4+]. The molecule has 0 aliphatic carbocycles. The van der Waals surface area contributed by atoms with Gasteiger partial charge in [0.1, 0.15) is 0 Å². The topological polar surface area (TPSA) is 81.3 Å². The average molecular weight is 354 g/mol. The van der Waals surface area contributed by atoms with Gasteiger partial charge in [0.05, 0.1) is 18.8 Å². The van der Waals surface area contributed by atoms with Crippen molar-refractivity contribution in [2.45, 2.75) is 98.0 Å². The van der Waals surface area contributed by atoms with Crippen molar-refractivity contribution in [3.63, 3.8) is 0 Å². The molecular weight excluding hydrogens is 313 g/mol. The predicted molar refractivity (Wildman–Crippen MR) is 99.2 cm³/mol. The summed E-state index contributed by atoms with van der Waals surface area (Å²) in [5.74, 6) is 0. The second-order valence-corrected chi connectivity index (χ2v) is 7.46. The maximum atomic E-state index is 12.9. The van der Waals surface area contributed by atoms with Crippen molar-refractivity contribution < 1.29 is 18.1 Å². The molecule has 0 radical (unpaired) electrons. The standard InChI is InChI=1S/C17H37O4P.H3N/c1-6-11-14-17(15-12-7-2,16-13-8-3)21-22(18,19-9-4)20-10-5;/h6-16H2,1-5H3;1H3/p+1. The maximum absolute atomic E-state index is 12.9. The van der Waals surface area contributed by atoms with Crippen molar-refractivity contribution in [1.29, 1.82) is 0 Å². The van der Waals surface area contributed by atoms with Crippen molar-refractivity contribution in [1.82, 2.24) is 6.15 Å². The highest BCUT2D eigenvalue weighted by molar-refractivity contribution is 7.48. The molecule has 0 aromatic carbocycles. The van der Waals surface area contributed by atoms with Crippen LogP contribution in [0.1, 0.15) is 92.4 Å². The summed E-state index contributed by atoms with van der Waals surface area (Å²) in [4.78, 5) is 0. The number of hydrogen-bond acceptors (Lipinski definition) is 4. The lowest BCUT2D eigenvalue weighted by atomic mass is 9.86. The molecular formula is C17H41NO4P+. The molecule has 0 aromatic rings. The zero-order valence-electron chi connectivity index (χ0n) is 16.4. The van der Waals surface area contributed by atoms with Crippen molar-refractivity contribution >= 4 is 7.82 Å². The first-order valence-corrected chi connectivity index (χ1v) is 10.6. The van der Waals surface area contributed by atoms with Gasteiger partial charge < -0.3 is 6.15 Å². The third-order valence-electron chi connectivity index (χ3n) is 3.84. The lowest BCUT2D eigenvalue weighted by Crippen LogP contribution is -2.32. The Morgan fingerprint density at radius 3 is 1.35 bits per heavy atom. The zero-order chi connectivity index (χ0) is 16.9. The monoisotopic (exact) mass is 354 g/mol. The molecule has 0 saturated heterocycles. The lowest BCUT2D eigenvalue weighted by Gasteiger charge is -2.36. The summed E-state index contributed by atoms with van der Waals surface area (Å²) in [6, 6.07) is 0. The molecule has 0 unspecified atom stereocenters. The van der Waals surface area contributed by atoms with E-state index in [2.05, 4.69) is 20.8 Å². The Morgan fingerprint density at radius 1 is 0.739 bits per heavy atom. The molecule has 0 bridgehead atoms. The largest absolute Gasteiger partial charge is 0.475 e. The Hall–Kier alpha value is 0.0700. The van der Waals surface area contributed by atoms with Gasteiger partial charge in [0, 0.05) is 0 Å². The first-order valence-electron chi connectivity index (χ1n) is 9.11. The molecule has 0 aromatic heterocycles. The van der Waals surface area contributed by atoms with E-state index in [1.165, 1.54) is 0 Å². The number of unbranched alkanes of at least 4 members (excludes halogenated alkanes) is 3. The van der Waals surface area contributed by atoms with Crippen molar-refractivity contribution in [3.05, 3.63) is 0 Å². The Morgan fingerprint density at radius 2 is 1.09 bits per heavy atom. The minimum atomic E-state index is -3.46. The van der Waals surface area contributed by atoms with Gasteiger partial charge in [-0.3, -0.25) is 13.6 Å². The molecule has 0 amide bonds. The van der Waals surface area contributed by atoms with E-state index in [0.29, 0.717) is 13.2 Å². The molecule has 142 valence electrons. The fourth-order valence-corrected chi connectivity index (χ4v) is 4.21. The van der Waals surface area contributed by atoms with E-state index in [1.807, 2.05) is 13.8 Å². The van der Waals surface area contributed by atoms with Gasteiger partial charge in [-0.1, -0.05) is 59.3 Å². The van der Waals surface area contributed by atoms with Gasteiger partial charge in [-0.25, -0.2) is 4.57 Å². The number of quaternary nitrogens is 1. The molecule has 0 atom stereocenters. The summed E-state index contributed by atoms with van der Waals surface area (Å²) < 4.78 is 29.7. The van der Waals surface area contributed by atoms with Crippen molar-refractivity contribution in [2.75, 3.05) is 13.2 Å². The quantitative estimate of drug-likeness (QED) is 0.325. The zero-order valence-corrected chi connectivity index (χ0v) is 17.3. The molecule has 23 heavy (non-hydrogen) atoms. The summed E-state index contributed by atoms with van der Waals surface area (Å²) in [6.07, 6.45) is 9.32. The van der Waals surface area contributed by atoms with Crippen molar-refractivity contribution in [2.24, 2.45) is 0 Å². The molecule has 6 heteroatoms. The molecule has 0 aliphatic heterocycles. The van der Waals surface area contributed by atoms with E-state index < -0.39 is 7.82 Å². The van der Waals surface area contributed by atoms with Crippen LogP contribution in [-0.2, 0) is 18.1 Å². The first kappa shape index (κ1) is 25.3. The summed E-state index contributed by atoms with van der Waals surface area (Å²) in [5.41, 5.74) is -0.373. The summed E-state index contributed by atoms with van der Waals surface area (Å²) >= 11 is 0. The minimum absolute atomic E-state index is 0. The van der Waals surface area contributed by atoms with Gasteiger partial charge in [0.2, 0.25) is 0 Å². The van der Waals surface area contributed by atoms with Gasteiger partial charge in [0.25, 0.3) is 0 Å². The van der Waals surface area contributed by atoms with Crippen LogP contribution in [0.4, 0.5) is 0 Å². The third kappa shape index (κ3) is 10.5. The van der Waals surface area contributed by atoms with Crippen LogP contribution in [0.15, 0.2) is 0 Å². The van der Waals surface area contributed by atoms with Crippen LogP contribution < -0.4 is 6.15 Å². The van der Waals surface area contributed by atoms with E-state index in [0.717, 1.165) is 57.8 Å². The van der Waals surface area contributed by atoms with Crippen molar-refractivity contribution in [3.8, 4) is 0 Å². The molecule has 4 N–H and O–H groups in total. The molecule has 5 nitrogen and oxygen atoms in total. The average Bonchev–Trinajstić information content (AvgIpc) is 2.49. The van der Waals surface area contributed by atoms with Gasteiger partial charge in [-0.2, -0.15) is 0 Å². The Bertz CT molecular complexity index is 281. The Kier molecular flexibility index (Phi) is 15.9. The smallest absolute Gasteiger partial charge is 0.369 e. The highest BCUT2D eigenvalue weighted by atomic mass is 31.2. The van der Waals surface area contributed by atoms with E-state index in [9.17, 15) is 4.57 Å². The maximum Gasteiger partial charge on any atom is 0.475 e. The van der Waals surface area contributed by atoms with Gasteiger partial charge in [0.15, 0.2) is 0 Å². The first-order chi connectivity index (χ1) is 10.5. The Balaban J connectivity index is 0. The van der Waals surface area contributed by atoms with Gasteiger partial charge >= 0.3 is 7.82 Å².